The maximum atomic E-state index is 6.21. The Labute approximate surface area is 120 Å². The summed E-state index contributed by atoms with van der Waals surface area (Å²) in [6.45, 7) is 8.21. The second kappa shape index (κ2) is 5.28. The summed E-state index contributed by atoms with van der Waals surface area (Å²) < 4.78 is 0. The fourth-order valence-corrected chi connectivity index (χ4v) is 2.84. The van der Waals surface area contributed by atoms with Crippen molar-refractivity contribution in [3.63, 3.8) is 0 Å². The van der Waals surface area contributed by atoms with E-state index in [4.69, 9.17) is 6.58 Å². The minimum absolute atomic E-state index is 0.141. The highest BCUT2D eigenvalue weighted by atomic mass is 14.2. The molecule has 1 atom stereocenters. The summed E-state index contributed by atoms with van der Waals surface area (Å²) in [6.07, 6.45) is 0. The molecule has 0 N–H and O–H groups in total. The highest BCUT2D eigenvalue weighted by Crippen LogP contribution is 2.34. The lowest BCUT2D eigenvalue weighted by atomic mass is 9.84. The zero-order chi connectivity index (χ0) is 13.9. The Bertz CT molecular complexity index is 733. The number of hydrogen-bond donors (Lipinski definition) is 0. The minimum Gasteiger partial charge on any atom is -0.0622 e. The molecule has 0 amide bonds. The highest BCUT2D eigenvalue weighted by molar-refractivity contribution is 5.87. The normalized spacial score (nSPS) is 12.2. The molecule has 0 heterocycles. The molecular formula is C20H17+. The molecule has 0 nitrogen and oxygen atoms in total. The van der Waals surface area contributed by atoms with Crippen molar-refractivity contribution in [2.75, 3.05) is 0 Å². The summed E-state index contributed by atoms with van der Waals surface area (Å²) in [4.78, 5) is 0. The summed E-state index contributed by atoms with van der Waals surface area (Å²) in [5.41, 5.74) is 3.44. The molecule has 0 aliphatic carbocycles. The Balaban J connectivity index is 2.23. The number of hydrogen-bond acceptors (Lipinski definition) is 0. The number of rotatable bonds is 3. The predicted molar refractivity (Wildman–Crippen MR) is 85.7 cm³/mol. The standard InChI is InChI=1S/C20H17/c1-15(2)20(17-10-4-3-5-11-17)19-14-8-12-16-9-6-7-13-18(16)19/h1,3-14,20H,2H3/q+1. The largest absolute Gasteiger partial charge is 0.205 e. The van der Waals surface area contributed by atoms with Crippen molar-refractivity contribution in [1.82, 2.24) is 0 Å². The maximum absolute atomic E-state index is 6.21. The Morgan fingerprint density at radius 1 is 0.800 bits per heavy atom. The Morgan fingerprint density at radius 3 is 2.20 bits per heavy atom. The van der Waals surface area contributed by atoms with Crippen molar-refractivity contribution < 1.29 is 0 Å². The molecule has 0 aliphatic rings. The first-order chi connectivity index (χ1) is 9.77. The monoisotopic (exact) mass is 257 g/mol. The first kappa shape index (κ1) is 12.6. The van der Waals surface area contributed by atoms with Gasteiger partial charge in [0.1, 0.15) is 0 Å². The Morgan fingerprint density at radius 2 is 1.45 bits per heavy atom. The average molecular weight is 257 g/mol. The predicted octanol–water partition coefficient (Wildman–Crippen LogP) is 5.35. The van der Waals surface area contributed by atoms with E-state index in [1.165, 1.54) is 21.9 Å². The Kier molecular flexibility index (Phi) is 3.33. The van der Waals surface area contributed by atoms with Gasteiger partial charge in [-0.25, -0.2) is 0 Å². The molecule has 0 saturated carbocycles. The van der Waals surface area contributed by atoms with Crippen LogP contribution in [-0.2, 0) is 0 Å². The lowest BCUT2D eigenvalue weighted by molar-refractivity contribution is 0.959. The fraction of sp³-hybridized carbons (Fsp3) is 0.100. The third kappa shape index (κ3) is 2.22. The molecule has 0 spiro atoms. The summed E-state index contributed by atoms with van der Waals surface area (Å²) >= 11 is 0. The van der Waals surface area contributed by atoms with Crippen molar-refractivity contribution in [3.8, 4) is 0 Å². The van der Waals surface area contributed by atoms with Gasteiger partial charge in [-0.05, 0) is 21.9 Å². The van der Waals surface area contributed by atoms with Crippen LogP contribution in [0.1, 0.15) is 24.0 Å². The zero-order valence-corrected chi connectivity index (χ0v) is 11.6. The average Bonchev–Trinajstić information content (AvgIpc) is 2.48. The lowest BCUT2D eigenvalue weighted by Crippen LogP contribution is -2.02. The van der Waals surface area contributed by atoms with E-state index in [9.17, 15) is 0 Å². The van der Waals surface area contributed by atoms with Gasteiger partial charge in [0.2, 0.25) is 6.58 Å². The molecule has 0 fully saturated rings. The van der Waals surface area contributed by atoms with Crippen LogP contribution in [0, 0.1) is 6.58 Å². The van der Waals surface area contributed by atoms with Crippen LogP contribution in [0.25, 0.3) is 10.8 Å². The van der Waals surface area contributed by atoms with Gasteiger partial charge in [0.15, 0.2) is 5.57 Å². The fourth-order valence-electron chi connectivity index (χ4n) is 2.84. The van der Waals surface area contributed by atoms with Gasteiger partial charge in [-0.3, -0.25) is 0 Å². The van der Waals surface area contributed by atoms with Crippen molar-refractivity contribution in [2.24, 2.45) is 0 Å². The van der Waals surface area contributed by atoms with Gasteiger partial charge in [0.05, 0.1) is 5.92 Å². The third-order valence-electron chi connectivity index (χ3n) is 3.72. The smallest absolute Gasteiger partial charge is 0.0622 e. The number of allylic oxidation sites excluding steroid dienone is 1. The second-order valence-corrected chi connectivity index (χ2v) is 5.16. The molecule has 20 heavy (non-hydrogen) atoms. The maximum Gasteiger partial charge on any atom is 0.205 e. The van der Waals surface area contributed by atoms with Crippen molar-refractivity contribution >= 4 is 10.8 Å². The summed E-state index contributed by atoms with van der Waals surface area (Å²) in [5, 5.41) is 2.53. The van der Waals surface area contributed by atoms with Crippen LogP contribution >= 0.6 is 0 Å². The molecule has 3 aromatic rings. The zero-order valence-electron chi connectivity index (χ0n) is 11.6. The molecule has 96 valence electrons. The van der Waals surface area contributed by atoms with Crippen molar-refractivity contribution in [2.45, 2.75) is 12.8 Å². The molecule has 3 rings (SSSR count). The van der Waals surface area contributed by atoms with E-state index in [0.29, 0.717) is 0 Å². The van der Waals surface area contributed by atoms with Gasteiger partial charge in [-0.15, -0.1) is 0 Å². The molecule has 0 heteroatoms. The van der Waals surface area contributed by atoms with Crippen LogP contribution in [0.3, 0.4) is 0 Å². The first-order valence-corrected chi connectivity index (χ1v) is 6.89. The van der Waals surface area contributed by atoms with Crippen LogP contribution in [0.5, 0.6) is 0 Å². The van der Waals surface area contributed by atoms with E-state index in [0.717, 1.165) is 5.57 Å². The molecule has 0 bridgehead atoms. The SMILES string of the molecule is [CH+]=C(C)C(c1ccccc1)c1cccc2ccccc12. The van der Waals surface area contributed by atoms with Gasteiger partial charge >= 0.3 is 0 Å². The minimum atomic E-state index is 0.141. The number of fused-ring (bicyclic) bond motifs is 1. The molecule has 0 radical (unpaired) electrons. The van der Waals surface area contributed by atoms with Gasteiger partial charge in [-0.2, -0.15) is 0 Å². The van der Waals surface area contributed by atoms with E-state index in [1.54, 1.807) is 0 Å². The highest BCUT2D eigenvalue weighted by Gasteiger charge is 2.22. The van der Waals surface area contributed by atoms with Crippen molar-refractivity contribution in [1.29, 1.82) is 0 Å². The third-order valence-corrected chi connectivity index (χ3v) is 3.72. The summed E-state index contributed by atoms with van der Waals surface area (Å²) in [5.74, 6) is 0.141. The van der Waals surface area contributed by atoms with E-state index in [2.05, 4.69) is 66.7 Å². The van der Waals surface area contributed by atoms with Crippen LogP contribution < -0.4 is 0 Å². The molecule has 0 aliphatic heterocycles. The van der Waals surface area contributed by atoms with Gasteiger partial charge < -0.3 is 0 Å². The summed E-state index contributed by atoms with van der Waals surface area (Å²) in [6, 6.07) is 25.4. The van der Waals surface area contributed by atoms with Crippen LogP contribution in [0.4, 0.5) is 0 Å². The quantitative estimate of drug-likeness (QED) is 0.555. The van der Waals surface area contributed by atoms with E-state index in [1.807, 2.05) is 13.0 Å². The molecular weight excluding hydrogens is 240 g/mol. The van der Waals surface area contributed by atoms with Gasteiger partial charge in [0, 0.05) is 6.92 Å². The molecule has 3 aromatic carbocycles. The van der Waals surface area contributed by atoms with Crippen LogP contribution in [0.15, 0.2) is 78.4 Å². The molecule has 0 saturated heterocycles. The second-order valence-electron chi connectivity index (χ2n) is 5.16. The summed E-state index contributed by atoms with van der Waals surface area (Å²) in [7, 11) is 0. The lowest BCUT2D eigenvalue weighted by Gasteiger charge is -2.16. The van der Waals surface area contributed by atoms with Crippen LogP contribution in [0.2, 0.25) is 0 Å². The van der Waals surface area contributed by atoms with Crippen LogP contribution in [-0.4, -0.2) is 0 Å². The molecule has 1 unspecified atom stereocenters. The van der Waals surface area contributed by atoms with Gasteiger partial charge in [0.25, 0.3) is 0 Å². The Hall–Kier alpha value is -2.43. The van der Waals surface area contributed by atoms with E-state index in [-0.39, 0.29) is 5.92 Å². The van der Waals surface area contributed by atoms with Gasteiger partial charge in [-0.1, -0.05) is 72.8 Å². The van der Waals surface area contributed by atoms with Crippen molar-refractivity contribution in [3.05, 3.63) is 96.1 Å². The topological polar surface area (TPSA) is 0 Å². The molecule has 0 aromatic heterocycles. The van der Waals surface area contributed by atoms with E-state index < -0.39 is 0 Å². The van der Waals surface area contributed by atoms with E-state index >= 15 is 0 Å². The first-order valence-electron chi connectivity index (χ1n) is 6.89. The number of benzene rings is 3.